The normalized spacial score (nSPS) is 16.4. The Kier molecular flexibility index (Phi) is 9.75. The van der Waals surface area contributed by atoms with Crippen LogP contribution in [0.25, 0.3) is 133 Å². The molecule has 0 atom stereocenters. The predicted molar refractivity (Wildman–Crippen MR) is 381 cm³/mol. The molecule has 0 spiro atoms. The van der Waals surface area contributed by atoms with E-state index in [4.69, 9.17) is 13.3 Å². The van der Waals surface area contributed by atoms with Crippen molar-refractivity contribution in [3.8, 4) is 66.8 Å². The first-order valence-corrected chi connectivity index (χ1v) is 32.9. The summed E-state index contributed by atoms with van der Waals surface area (Å²) in [6.07, 6.45) is 0. The molecule has 15 aromatic rings. The van der Waals surface area contributed by atoms with Gasteiger partial charge in [0.25, 0.3) is 0 Å². The topological polar surface area (TPSA) is 42.7 Å². The van der Waals surface area contributed by atoms with Crippen LogP contribution in [-0.2, 0) is 27.1 Å². The number of fused-ring (bicyclic) bond motifs is 29. The fraction of sp³-hybridized carbons (Fsp3) is 0.182. The molecule has 0 radical (unpaired) electrons. The van der Waals surface area contributed by atoms with Crippen LogP contribution in [0.4, 0.5) is 17.1 Å². The van der Waals surface area contributed by atoms with Crippen LogP contribution in [0.3, 0.4) is 0 Å². The fourth-order valence-electron chi connectivity index (χ4n) is 18.7. The second-order valence-corrected chi connectivity index (χ2v) is 29.9. The highest BCUT2D eigenvalue weighted by atomic mass is 16.3. The quantitative estimate of drug-likeness (QED) is 0.176. The first-order valence-electron chi connectivity index (χ1n) is 32.9. The largest absolute Gasteiger partial charge is 0.456 e. The number of hydrogen-bond donors (Lipinski definition) is 0. The highest BCUT2D eigenvalue weighted by molar-refractivity contribution is 6.22. The first-order chi connectivity index (χ1) is 44.3. The molecule has 0 amide bonds. The average molecular weight is 1190 g/mol. The summed E-state index contributed by atoms with van der Waals surface area (Å²) < 4.78 is 20.7. The van der Waals surface area contributed by atoms with Crippen molar-refractivity contribution in [3.63, 3.8) is 0 Å². The molecule has 92 heavy (non-hydrogen) atoms. The minimum absolute atomic E-state index is 0.215. The van der Waals surface area contributed by atoms with Crippen LogP contribution in [0.15, 0.2) is 220 Å². The summed E-state index contributed by atoms with van der Waals surface area (Å²) in [7, 11) is 0. The molecule has 0 saturated carbocycles. The molecule has 4 heteroatoms. The van der Waals surface area contributed by atoms with Crippen molar-refractivity contribution >= 4 is 82.9 Å². The zero-order valence-electron chi connectivity index (χ0n) is 53.8. The van der Waals surface area contributed by atoms with Gasteiger partial charge in [-0.05, 0) is 197 Å². The number of para-hydroxylation sites is 3. The van der Waals surface area contributed by atoms with Crippen molar-refractivity contribution in [1.82, 2.24) is 0 Å². The van der Waals surface area contributed by atoms with E-state index in [1.165, 1.54) is 144 Å². The molecule has 0 N–H and O–H groups in total. The third-order valence-corrected chi connectivity index (χ3v) is 23.2. The fourth-order valence-corrected chi connectivity index (χ4v) is 18.7. The van der Waals surface area contributed by atoms with Crippen LogP contribution in [0.2, 0.25) is 0 Å². The maximum atomic E-state index is 7.12. The molecule has 442 valence electrons. The van der Waals surface area contributed by atoms with Gasteiger partial charge in [-0.25, -0.2) is 0 Å². The lowest BCUT2D eigenvalue weighted by Crippen LogP contribution is -2.24. The zero-order valence-corrected chi connectivity index (χ0v) is 53.8. The predicted octanol–water partition coefficient (Wildman–Crippen LogP) is 24.4. The number of hydrogen-bond acceptors (Lipinski definition) is 4. The summed E-state index contributed by atoms with van der Waals surface area (Å²) in [5.41, 5.74) is 37.3. The monoisotopic (exact) mass is 1190 g/mol. The van der Waals surface area contributed by atoms with Gasteiger partial charge in [-0.1, -0.05) is 202 Å². The van der Waals surface area contributed by atoms with Crippen molar-refractivity contribution in [2.24, 2.45) is 0 Å². The van der Waals surface area contributed by atoms with Gasteiger partial charge in [0.1, 0.15) is 33.5 Å². The van der Waals surface area contributed by atoms with Crippen molar-refractivity contribution in [2.75, 3.05) is 4.90 Å². The Morgan fingerprint density at radius 2 is 0.739 bits per heavy atom. The number of nitrogens with zero attached hydrogens (tertiary/aromatic N) is 1. The molecule has 0 aliphatic heterocycles. The third kappa shape index (κ3) is 6.34. The van der Waals surface area contributed by atoms with Crippen LogP contribution in [-0.4, -0.2) is 0 Å². The number of furan rings is 3. The first kappa shape index (κ1) is 52.6. The average Bonchev–Trinajstić information content (AvgIpc) is 1.52. The minimum atomic E-state index is -0.389. The SMILES string of the molecule is Cc1cccc(-c2cc3c(c4c2oc2ccccc24)-c2ccc(N(c4ccc5c(c4)C(C)(C)c4cc6c(cc4-5)C(C)(C)c4ccc5oc7ccccc7c5c4-6)c4ccc5c(c4)C(C)(C)c4c6c(c7oc8ccccc8c7c4-5)-c4ccccc4C6(C)C)cc2C3(C)C)c1. The Labute approximate surface area is 535 Å². The third-order valence-electron chi connectivity index (χ3n) is 23.2. The van der Waals surface area contributed by atoms with Gasteiger partial charge in [-0.3, -0.25) is 0 Å². The second kappa shape index (κ2) is 17.1. The Morgan fingerprint density at radius 3 is 1.42 bits per heavy atom. The van der Waals surface area contributed by atoms with Gasteiger partial charge >= 0.3 is 0 Å². The van der Waals surface area contributed by atoms with E-state index in [0.29, 0.717) is 0 Å². The molecule has 20 rings (SSSR count). The van der Waals surface area contributed by atoms with Gasteiger partial charge in [-0.2, -0.15) is 0 Å². The number of rotatable bonds is 4. The summed E-state index contributed by atoms with van der Waals surface area (Å²) in [5.74, 6) is 0. The molecule has 4 nitrogen and oxygen atoms in total. The smallest absolute Gasteiger partial charge is 0.144 e. The van der Waals surface area contributed by atoms with Gasteiger partial charge in [0.2, 0.25) is 0 Å². The lowest BCUT2D eigenvalue weighted by atomic mass is 9.72. The summed E-state index contributed by atoms with van der Waals surface area (Å²) in [6.45, 7) is 26.6. The molecule has 12 aromatic carbocycles. The maximum absolute atomic E-state index is 7.12. The van der Waals surface area contributed by atoms with Crippen molar-refractivity contribution in [2.45, 2.75) is 103 Å². The standard InChI is InChI=1S/C88H67NO3/c1-46-21-20-22-47(39-46)58-43-68-73(77-56-25-14-18-29-70(56)91-82(58)77)53-35-32-49(41-64(53)86(68,6)7)89(48-31-34-51-59-44-67-60(45-66(59)85(4,5)63(51)40-48)74-62(84(67,2)3)37-38-72-75(74)55-24-13-17-28-69(55)90-72)50-33-36-54-65(42-50)88(10,11)80-76(54)78-57-26-15-19-30-71(57)92-83(78)79-52-23-12-16-27-61(52)87(8,9)81(79)80/h12-45H,1-11H3. The van der Waals surface area contributed by atoms with Crippen molar-refractivity contribution in [1.29, 1.82) is 0 Å². The zero-order chi connectivity index (χ0) is 62.2. The number of benzene rings is 12. The molecule has 0 fully saturated rings. The van der Waals surface area contributed by atoms with E-state index in [1.807, 2.05) is 0 Å². The van der Waals surface area contributed by atoms with E-state index in [2.05, 4.69) is 287 Å². The molecule has 0 bridgehead atoms. The Bertz CT molecular complexity index is 5940. The molecule has 5 aliphatic carbocycles. The number of aryl methyl sites for hydroxylation is 1. The molecule has 0 unspecified atom stereocenters. The van der Waals surface area contributed by atoms with E-state index < -0.39 is 0 Å². The molecule has 3 heterocycles. The van der Waals surface area contributed by atoms with E-state index in [0.717, 1.165) is 66.9 Å². The van der Waals surface area contributed by atoms with E-state index in [9.17, 15) is 0 Å². The van der Waals surface area contributed by atoms with Crippen molar-refractivity contribution in [3.05, 3.63) is 267 Å². The second-order valence-electron chi connectivity index (χ2n) is 29.9. The van der Waals surface area contributed by atoms with Gasteiger partial charge in [0.05, 0.1) is 0 Å². The van der Waals surface area contributed by atoms with Gasteiger partial charge in [0.15, 0.2) is 0 Å². The Balaban J connectivity index is 0.806. The molecular weight excluding hydrogens is 1120 g/mol. The van der Waals surface area contributed by atoms with E-state index in [-0.39, 0.29) is 27.1 Å². The van der Waals surface area contributed by atoms with Crippen LogP contribution >= 0.6 is 0 Å². The summed E-state index contributed by atoms with van der Waals surface area (Å²) in [6, 6.07) is 77.9. The maximum Gasteiger partial charge on any atom is 0.144 e. The van der Waals surface area contributed by atoms with Gasteiger partial charge in [0, 0.05) is 87.6 Å². The highest BCUT2D eigenvalue weighted by Gasteiger charge is 2.50. The van der Waals surface area contributed by atoms with Crippen LogP contribution in [0, 0.1) is 6.92 Å². The minimum Gasteiger partial charge on any atom is -0.456 e. The van der Waals surface area contributed by atoms with Gasteiger partial charge < -0.3 is 18.2 Å². The van der Waals surface area contributed by atoms with E-state index >= 15 is 0 Å². The number of anilines is 3. The van der Waals surface area contributed by atoms with E-state index in [1.54, 1.807) is 0 Å². The lowest BCUT2D eigenvalue weighted by molar-refractivity contribution is 0.600. The highest BCUT2D eigenvalue weighted by Crippen LogP contribution is 2.65. The molecule has 0 saturated heterocycles. The van der Waals surface area contributed by atoms with Gasteiger partial charge in [-0.15, -0.1) is 0 Å². The van der Waals surface area contributed by atoms with Crippen LogP contribution < -0.4 is 4.90 Å². The molecule has 5 aliphatic rings. The Morgan fingerprint density at radius 1 is 0.272 bits per heavy atom. The summed E-state index contributed by atoms with van der Waals surface area (Å²) in [4.78, 5) is 2.58. The summed E-state index contributed by atoms with van der Waals surface area (Å²) >= 11 is 0. The van der Waals surface area contributed by atoms with Crippen molar-refractivity contribution < 1.29 is 13.3 Å². The van der Waals surface area contributed by atoms with Crippen LogP contribution in [0.1, 0.15) is 130 Å². The molecule has 3 aromatic heterocycles. The lowest BCUT2D eigenvalue weighted by Gasteiger charge is -2.32. The Hall–Kier alpha value is -10.2. The summed E-state index contributed by atoms with van der Waals surface area (Å²) in [5, 5.41) is 7.09. The molecular formula is C88H67NO3. The van der Waals surface area contributed by atoms with Crippen LogP contribution in [0.5, 0.6) is 0 Å².